The summed E-state index contributed by atoms with van der Waals surface area (Å²) in [6.07, 6.45) is 7.23. The molecule has 7 heteroatoms. The summed E-state index contributed by atoms with van der Waals surface area (Å²) in [7, 11) is 1.79. The minimum Gasteiger partial charge on any atom is -0.450 e. The molecule has 26 heavy (non-hydrogen) atoms. The van der Waals surface area contributed by atoms with Crippen LogP contribution in [0.15, 0.2) is 4.99 Å². The summed E-state index contributed by atoms with van der Waals surface area (Å²) in [5.41, 5.74) is 0. The maximum Gasteiger partial charge on any atom is 0.407 e. The van der Waals surface area contributed by atoms with Crippen LogP contribution in [-0.4, -0.2) is 68.9 Å². The summed E-state index contributed by atoms with van der Waals surface area (Å²) in [6, 6.07) is 0.827. The van der Waals surface area contributed by atoms with Gasteiger partial charge in [-0.3, -0.25) is 9.89 Å². The highest BCUT2D eigenvalue weighted by Crippen LogP contribution is 2.32. The van der Waals surface area contributed by atoms with E-state index in [1.807, 2.05) is 6.92 Å². The molecule has 2 aliphatic rings. The summed E-state index contributed by atoms with van der Waals surface area (Å²) >= 11 is 0. The van der Waals surface area contributed by atoms with E-state index in [1.165, 1.54) is 32.2 Å². The summed E-state index contributed by atoms with van der Waals surface area (Å²) in [4.78, 5) is 18.6. The Hall–Kier alpha value is -1.50. The number of nitrogens with one attached hydrogen (secondary N) is 3. The second kappa shape index (κ2) is 11.3. The Balaban J connectivity index is 1.70. The van der Waals surface area contributed by atoms with Gasteiger partial charge < -0.3 is 20.7 Å². The number of ether oxygens (including phenoxy) is 1. The highest BCUT2D eigenvalue weighted by atomic mass is 16.5. The van der Waals surface area contributed by atoms with E-state index in [2.05, 4.69) is 32.8 Å². The number of carbonyl (C=O) groups is 1. The standard InChI is InChI=1S/C19H37N5O2/c1-4-16-8-6-7-12-24(16)13-11-21-18(20-3)22-14-17(15-9-10-15)23-19(25)26-5-2/h15-17H,4-14H2,1-3H3,(H,23,25)(H2,20,21,22). The van der Waals surface area contributed by atoms with Gasteiger partial charge in [0.05, 0.1) is 12.6 Å². The van der Waals surface area contributed by atoms with Gasteiger partial charge in [0.15, 0.2) is 5.96 Å². The second-order valence-electron chi connectivity index (χ2n) is 7.28. The lowest BCUT2D eigenvalue weighted by Crippen LogP contribution is -2.50. The smallest absolute Gasteiger partial charge is 0.407 e. The number of nitrogens with zero attached hydrogens (tertiary/aromatic N) is 2. The maximum absolute atomic E-state index is 11.7. The molecule has 0 aromatic rings. The molecule has 0 aromatic heterocycles. The molecule has 7 nitrogen and oxygen atoms in total. The molecule has 1 aliphatic heterocycles. The second-order valence-corrected chi connectivity index (χ2v) is 7.28. The molecule has 1 saturated heterocycles. The first kappa shape index (κ1) is 20.8. The highest BCUT2D eigenvalue weighted by molar-refractivity contribution is 5.79. The minimum absolute atomic E-state index is 0.0965. The van der Waals surface area contributed by atoms with Gasteiger partial charge in [0.2, 0.25) is 0 Å². The fourth-order valence-electron chi connectivity index (χ4n) is 3.72. The molecule has 0 aromatic carbocycles. The Labute approximate surface area is 158 Å². The molecule has 2 unspecified atom stereocenters. The Morgan fingerprint density at radius 1 is 1.23 bits per heavy atom. The van der Waals surface area contributed by atoms with Crippen molar-refractivity contribution >= 4 is 12.1 Å². The Morgan fingerprint density at radius 2 is 2.04 bits per heavy atom. The van der Waals surface area contributed by atoms with Crippen LogP contribution in [0.1, 0.15) is 52.4 Å². The number of hydrogen-bond donors (Lipinski definition) is 3. The predicted molar refractivity (Wildman–Crippen MR) is 106 cm³/mol. The zero-order chi connectivity index (χ0) is 18.8. The maximum atomic E-state index is 11.7. The average Bonchev–Trinajstić information content (AvgIpc) is 3.49. The Morgan fingerprint density at radius 3 is 2.69 bits per heavy atom. The van der Waals surface area contributed by atoms with E-state index in [0.717, 1.165) is 37.9 Å². The van der Waals surface area contributed by atoms with Gasteiger partial charge in [0, 0.05) is 32.7 Å². The molecule has 2 rings (SSSR count). The van der Waals surface area contributed by atoms with E-state index in [0.29, 0.717) is 19.1 Å². The molecule has 1 amide bonds. The summed E-state index contributed by atoms with van der Waals surface area (Å²) in [6.45, 7) is 8.31. The van der Waals surface area contributed by atoms with Crippen molar-refractivity contribution in [2.75, 3.05) is 39.8 Å². The van der Waals surface area contributed by atoms with Gasteiger partial charge in [0.1, 0.15) is 0 Å². The van der Waals surface area contributed by atoms with Crippen molar-refractivity contribution in [3.05, 3.63) is 0 Å². The molecule has 0 bridgehead atoms. The largest absolute Gasteiger partial charge is 0.450 e. The number of carbonyl (C=O) groups excluding carboxylic acids is 1. The van der Waals surface area contributed by atoms with E-state index in [-0.39, 0.29) is 12.1 Å². The number of amides is 1. The zero-order valence-electron chi connectivity index (χ0n) is 16.7. The Kier molecular flexibility index (Phi) is 9.01. The van der Waals surface area contributed by atoms with Gasteiger partial charge >= 0.3 is 6.09 Å². The predicted octanol–water partition coefficient (Wildman–Crippen LogP) is 1.94. The number of hydrogen-bond acceptors (Lipinski definition) is 4. The number of piperidine rings is 1. The van der Waals surface area contributed by atoms with E-state index in [1.54, 1.807) is 7.05 Å². The lowest BCUT2D eigenvalue weighted by Gasteiger charge is -2.35. The van der Waals surface area contributed by atoms with Crippen LogP contribution in [0, 0.1) is 5.92 Å². The lowest BCUT2D eigenvalue weighted by molar-refractivity contribution is 0.146. The van der Waals surface area contributed by atoms with Gasteiger partial charge in [-0.2, -0.15) is 0 Å². The number of rotatable bonds is 9. The van der Waals surface area contributed by atoms with Gasteiger partial charge in [-0.15, -0.1) is 0 Å². The third-order valence-electron chi connectivity index (χ3n) is 5.39. The topological polar surface area (TPSA) is 78.0 Å². The minimum atomic E-state index is -0.329. The highest BCUT2D eigenvalue weighted by Gasteiger charge is 2.32. The SMILES string of the molecule is CCOC(=O)NC(CNC(=NC)NCCN1CCCCC1CC)C1CC1. The van der Waals surface area contributed by atoms with Crippen LogP contribution in [0.25, 0.3) is 0 Å². The van der Waals surface area contributed by atoms with Gasteiger partial charge in [0.25, 0.3) is 0 Å². The van der Waals surface area contributed by atoms with Gasteiger partial charge in [-0.05, 0) is 51.5 Å². The van der Waals surface area contributed by atoms with E-state index < -0.39 is 0 Å². The summed E-state index contributed by atoms with van der Waals surface area (Å²) in [5, 5.41) is 9.73. The van der Waals surface area contributed by atoms with Crippen LogP contribution >= 0.6 is 0 Å². The molecule has 1 heterocycles. The van der Waals surface area contributed by atoms with Crippen LogP contribution in [0.5, 0.6) is 0 Å². The molecule has 0 radical (unpaired) electrons. The van der Waals surface area contributed by atoms with Crippen LogP contribution in [0.2, 0.25) is 0 Å². The normalized spacial score (nSPS) is 22.6. The van der Waals surface area contributed by atoms with Gasteiger partial charge in [-0.25, -0.2) is 4.79 Å². The molecular weight excluding hydrogens is 330 g/mol. The van der Waals surface area contributed by atoms with E-state index >= 15 is 0 Å². The van der Waals surface area contributed by atoms with Crippen LogP contribution in [-0.2, 0) is 4.74 Å². The van der Waals surface area contributed by atoms with Crippen molar-refractivity contribution in [3.8, 4) is 0 Å². The first-order valence-corrected chi connectivity index (χ1v) is 10.3. The monoisotopic (exact) mass is 367 g/mol. The van der Waals surface area contributed by atoms with E-state index in [9.17, 15) is 4.79 Å². The third kappa shape index (κ3) is 7.02. The molecule has 150 valence electrons. The lowest BCUT2D eigenvalue weighted by atomic mass is 10.0. The zero-order valence-corrected chi connectivity index (χ0v) is 16.7. The fourth-order valence-corrected chi connectivity index (χ4v) is 3.72. The number of aliphatic imine (C=N–C) groups is 1. The van der Waals surface area contributed by atoms with Crippen molar-refractivity contribution in [3.63, 3.8) is 0 Å². The first-order valence-electron chi connectivity index (χ1n) is 10.3. The summed E-state index contributed by atoms with van der Waals surface area (Å²) < 4.78 is 5.01. The Bertz CT molecular complexity index is 453. The molecule has 0 spiro atoms. The van der Waals surface area contributed by atoms with Crippen LogP contribution < -0.4 is 16.0 Å². The van der Waals surface area contributed by atoms with Crippen molar-refractivity contribution in [1.82, 2.24) is 20.9 Å². The van der Waals surface area contributed by atoms with Crippen molar-refractivity contribution in [2.45, 2.75) is 64.5 Å². The average molecular weight is 368 g/mol. The van der Waals surface area contributed by atoms with Crippen molar-refractivity contribution in [2.24, 2.45) is 10.9 Å². The molecular formula is C19H37N5O2. The molecule has 2 fully saturated rings. The number of alkyl carbamates (subject to hydrolysis) is 1. The van der Waals surface area contributed by atoms with Crippen LogP contribution in [0.4, 0.5) is 4.79 Å². The molecule has 2 atom stereocenters. The molecule has 1 saturated carbocycles. The fraction of sp³-hybridized carbons (Fsp3) is 0.895. The van der Waals surface area contributed by atoms with E-state index in [4.69, 9.17) is 4.74 Å². The number of guanidine groups is 1. The first-order chi connectivity index (χ1) is 12.7. The van der Waals surface area contributed by atoms with Gasteiger partial charge in [-0.1, -0.05) is 13.3 Å². The van der Waals surface area contributed by atoms with Crippen molar-refractivity contribution in [1.29, 1.82) is 0 Å². The van der Waals surface area contributed by atoms with Crippen molar-refractivity contribution < 1.29 is 9.53 Å². The molecule has 1 aliphatic carbocycles. The quantitative estimate of drug-likeness (QED) is 0.429. The van der Waals surface area contributed by atoms with Crippen LogP contribution in [0.3, 0.4) is 0 Å². The summed E-state index contributed by atoms with van der Waals surface area (Å²) in [5.74, 6) is 1.34. The third-order valence-corrected chi connectivity index (χ3v) is 5.39. The molecule has 3 N–H and O–H groups in total. The number of likely N-dealkylation sites (tertiary alicyclic amines) is 1.